The number of hydrogen-bond acceptors (Lipinski definition) is 5. The van der Waals surface area contributed by atoms with Crippen molar-refractivity contribution in [2.24, 2.45) is 0 Å². The molecule has 7 heteroatoms. The van der Waals surface area contributed by atoms with Crippen molar-refractivity contribution in [1.82, 2.24) is 10.6 Å². The molecule has 2 rings (SSSR count). The predicted octanol–water partition coefficient (Wildman–Crippen LogP) is 4.23. The number of carbonyl (C=O) groups excluding carboxylic acids is 2. The van der Waals surface area contributed by atoms with Crippen LogP contribution in [0.2, 0.25) is 0 Å². The minimum atomic E-state index is -0.636. The molecule has 1 aromatic carbocycles. The fourth-order valence-electron chi connectivity index (χ4n) is 3.12. The molecule has 1 aliphatic rings. The lowest BCUT2D eigenvalue weighted by Crippen LogP contribution is -2.45. The highest BCUT2D eigenvalue weighted by Gasteiger charge is 2.33. The van der Waals surface area contributed by atoms with Crippen LogP contribution in [0.25, 0.3) is 0 Å². The minimum absolute atomic E-state index is 0.265. The third-order valence-electron chi connectivity index (χ3n) is 4.44. The summed E-state index contributed by atoms with van der Waals surface area (Å²) in [7, 11) is 0. The topological polar surface area (TPSA) is 85.9 Å². The number of carbonyl (C=O) groups is 2. The molecule has 0 aliphatic carbocycles. The van der Waals surface area contributed by atoms with E-state index in [-0.39, 0.29) is 12.1 Å². The van der Waals surface area contributed by atoms with Crippen LogP contribution < -0.4 is 20.1 Å². The van der Waals surface area contributed by atoms with Crippen molar-refractivity contribution in [3.63, 3.8) is 0 Å². The second-order valence-electron chi connectivity index (χ2n) is 7.22. The van der Waals surface area contributed by atoms with Gasteiger partial charge in [0.05, 0.1) is 30.9 Å². The first-order valence-corrected chi connectivity index (χ1v) is 10.3. The lowest BCUT2D eigenvalue weighted by Gasteiger charge is -2.29. The summed E-state index contributed by atoms with van der Waals surface area (Å²) in [4.78, 5) is 24.7. The molecule has 0 saturated heterocycles. The predicted molar refractivity (Wildman–Crippen MR) is 111 cm³/mol. The maximum atomic E-state index is 12.7. The van der Waals surface area contributed by atoms with Crippen LogP contribution in [0, 0.1) is 0 Å². The van der Waals surface area contributed by atoms with Gasteiger partial charge in [-0.05, 0) is 51.8 Å². The number of amides is 2. The quantitative estimate of drug-likeness (QED) is 0.450. The van der Waals surface area contributed by atoms with Crippen LogP contribution in [0.1, 0.15) is 65.5 Å². The molecule has 1 unspecified atom stereocenters. The first-order chi connectivity index (χ1) is 13.9. The normalized spacial score (nSPS) is 16.3. The molecule has 0 radical (unpaired) electrons. The zero-order valence-electron chi connectivity index (χ0n) is 18.0. The Kier molecular flexibility index (Phi) is 8.36. The van der Waals surface area contributed by atoms with E-state index in [1.165, 1.54) is 0 Å². The highest BCUT2D eigenvalue weighted by atomic mass is 16.5. The van der Waals surface area contributed by atoms with Gasteiger partial charge in [0, 0.05) is 5.70 Å². The van der Waals surface area contributed by atoms with E-state index in [1.807, 2.05) is 25.1 Å². The van der Waals surface area contributed by atoms with Gasteiger partial charge in [0.1, 0.15) is 0 Å². The van der Waals surface area contributed by atoms with Crippen molar-refractivity contribution in [1.29, 1.82) is 0 Å². The largest absolute Gasteiger partial charge is 0.490 e. The Morgan fingerprint density at radius 3 is 2.55 bits per heavy atom. The maximum absolute atomic E-state index is 12.7. The van der Waals surface area contributed by atoms with Gasteiger partial charge in [0.2, 0.25) is 0 Å². The SMILES string of the molecule is CCCCCOc1ccc(C2NC(=O)NC(C)=C2C(=O)OC(C)C)cc1OCC. The zero-order valence-corrected chi connectivity index (χ0v) is 18.0. The molecule has 1 aromatic rings. The van der Waals surface area contributed by atoms with Gasteiger partial charge in [-0.1, -0.05) is 25.8 Å². The second-order valence-corrected chi connectivity index (χ2v) is 7.22. The summed E-state index contributed by atoms with van der Waals surface area (Å²) >= 11 is 0. The summed E-state index contributed by atoms with van der Waals surface area (Å²) in [5.41, 5.74) is 1.57. The average Bonchev–Trinajstić information content (AvgIpc) is 2.65. The third-order valence-corrected chi connectivity index (χ3v) is 4.44. The molecule has 160 valence electrons. The Bertz CT molecular complexity index is 758. The molecule has 2 amide bonds. The monoisotopic (exact) mass is 404 g/mol. The van der Waals surface area contributed by atoms with Gasteiger partial charge in [-0.25, -0.2) is 9.59 Å². The Morgan fingerprint density at radius 1 is 1.14 bits per heavy atom. The standard InChI is InChI=1S/C22H32N2O5/c1-6-8-9-12-28-17-11-10-16(13-18(17)27-7-2)20-19(21(25)29-14(3)4)15(5)23-22(26)24-20/h10-11,13-14,20H,6-9,12H2,1-5H3,(H2,23,24,26). The van der Waals surface area contributed by atoms with Crippen LogP contribution in [0.5, 0.6) is 11.5 Å². The number of urea groups is 1. The molecule has 29 heavy (non-hydrogen) atoms. The fourth-order valence-corrected chi connectivity index (χ4v) is 3.12. The van der Waals surface area contributed by atoms with E-state index in [9.17, 15) is 9.59 Å². The maximum Gasteiger partial charge on any atom is 0.338 e. The molecular weight excluding hydrogens is 372 g/mol. The minimum Gasteiger partial charge on any atom is -0.490 e. The van der Waals surface area contributed by atoms with Gasteiger partial charge in [-0.2, -0.15) is 0 Å². The number of hydrogen-bond donors (Lipinski definition) is 2. The van der Waals surface area contributed by atoms with Crippen molar-refractivity contribution < 1.29 is 23.8 Å². The molecule has 0 fully saturated rings. The average molecular weight is 405 g/mol. The van der Waals surface area contributed by atoms with Crippen LogP contribution in [0.15, 0.2) is 29.5 Å². The molecule has 1 aliphatic heterocycles. The summed E-state index contributed by atoms with van der Waals surface area (Å²) in [6.07, 6.45) is 2.94. The van der Waals surface area contributed by atoms with E-state index >= 15 is 0 Å². The molecule has 0 spiro atoms. The number of esters is 1. The van der Waals surface area contributed by atoms with Crippen molar-refractivity contribution in [3.8, 4) is 11.5 Å². The number of rotatable bonds is 10. The lowest BCUT2D eigenvalue weighted by atomic mass is 9.95. The zero-order chi connectivity index (χ0) is 21.4. The number of nitrogens with one attached hydrogen (secondary N) is 2. The van der Waals surface area contributed by atoms with Crippen LogP contribution in [0.4, 0.5) is 4.79 Å². The van der Waals surface area contributed by atoms with Crippen LogP contribution in [-0.4, -0.2) is 31.3 Å². The van der Waals surface area contributed by atoms with Crippen LogP contribution >= 0.6 is 0 Å². The van der Waals surface area contributed by atoms with Gasteiger partial charge in [0.25, 0.3) is 0 Å². The Labute approximate surface area is 172 Å². The number of allylic oxidation sites excluding steroid dienone is 1. The smallest absolute Gasteiger partial charge is 0.338 e. The Hall–Kier alpha value is -2.70. The highest BCUT2D eigenvalue weighted by Crippen LogP contribution is 2.35. The van der Waals surface area contributed by atoms with Crippen molar-refractivity contribution in [2.75, 3.05) is 13.2 Å². The molecular formula is C22H32N2O5. The molecule has 0 bridgehead atoms. The van der Waals surface area contributed by atoms with Crippen molar-refractivity contribution >= 4 is 12.0 Å². The molecule has 1 atom stereocenters. The van der Waals surface area contributed by atoms with Crippen LogP contribution in [-0.2, 0) is 9.53 Å². The highest BCUT2D eigenvalue weighted by molar-refractivity contribution is 5.95. The summed E-state index contributed by atoms with van der Waals surface area (Å²) in [6.45, 7) is 10.4. The van der Waals surface area contributed by atoms with Gasteiger partial charge >= 0.3 is 12.0 Å². The van der Waals surface area contributed by atoms with E-state index in [4.69, 9.17) is 14.2 Å². The summed E-state index contributed by atoms with van der Waals surface area (Å²) in [5.74, 6) is 0.773. The Morgan fingerprint density at radius 2 is 1.90 bits per heavy atom. The summed E-state index contributed by atoms with van der Waals surface area (Å²) in [5, 5.41) is 5.46. The van der Waals surface area contributed by atoms with Crippen molar-refractivity contribution in [2.45, 2.75) is 66.0 Å². The number of unbranched alkanes of at least 4 members (excludes halogenated alkanes) is 2. The lowest BCUT2D eigenvalue weighted by molar-refractivity contribution is -0.143. The van der Waals surface area contributed by atoms with Gasteiger partial charge in [-0.3, -0.25) is 0 Å². The van der Waals surface area contributed by atoms with E-state index in [0.717, 1.165) is 24.8 Å². The molecule has 0 aromatic heterocycles. The van der Waals surface area contributed by atoms with Gasteiger partial charge in [-0.15, -0.1) is 0 Å². The molecule has 0 saturated carbocycles. The number of benzene rings is 1. The molecule has 1 heterocycles. The van der Waals surface area contributed by atoms with E-state index < -0.39 is 12.0 Å². The second kappa shape index (κ2) is 10.7. The first kappa shape index (κ1) is 22.6. The third kappa shape index (κ3) is 6.14. The fraction of sp³-hybridized carbons (Fsp3) is 0.545. The van der Waals surface area contributed by atoms with Gasteiger partial charge < -0.3 is 24.8 Å². The Balaban J connectivity index is 2.34. The van der Waals surface area contributed by atoms with E-state index in [0.29, 0.717) is 36.0 Å². The summed E-state index contributed by atoms with van der Waals surface area (Å²) in [6, 6.07) is 4.46. The first-order valence-electron chi connectivity index (χ1n) is 10.3. The molecule has 7 nitrogen and oxygen atoms in total. The van der Waals surface area contributed by atoms with Gasteiger partial charge in [0.15, 0.2) is 11.5 Å². The molecule has 2 N–H and O–H groups in total. The van der Waals surface area contributed by atoms with E-state index in [2.05, 4.69) is 17.6 Å². The van der Waals surface area contributed by atoms with E-state index in [1.54, 1.807) is 20.8 Å². The van der Waals surface area contributed by atoms with Crippen molar-refractivity contribution in [3.05, 3.63) is 35.0 Å². The number of ether oxygens (including phenoxy) is 3. The van der Waals surface area contributed by atoms with Crippen LogP contribution in [0.3, 0.4) is 0 Å². The summed E-state index contributed by atoms with van der Waals surface area (Å²) < 4.78 is 17.0.